The van der Waals surface area contributed by atoms with E-state index in [-0.39, 0.29) is 71.7 Å². The summed E-state index contributed by atoms with van der Waals surface area (Å²) in [6.45, 7) is 6.45. The van der Waals surface area contributed by atoms with E-state index < -0.39 is 41.6 Å². The molecular weight excluding hydrogens is 647 g/mol. The summed E-state index contributed by atoms with van der Waals surface area (Å²) in [6.07, 6.45) is 0.174. The molecule has 0 spiro atoms. The van der Waals surface area contributed by atoms with E-state index in [1.54, 1.807) is 52.1 Å². The minimum absolute atomic E-state index is 0.0170. The molecule has 10 nitrogen and oxygen atoms in total. The molecule has 252 valence electrons. The first kappa shape index (κ1) is 33.5. The highest BCUT2D eigenvalue weighted by molar-refractivity contribution is 6.36. The zero-order valence-electron chi connectivity index (χ0n) is 27.0. The van der Waals surface area contributed by atoms with Gasteiger partial charge in [-0.05, 0) is 45.7 Å². The van der Waals surface area contributed by atoms with Crippen molar-refractivity contribution in [3.05, 3.63) is 53.2 Å². The molecule has 0 bridgehead atoms. The van der Waals surface area contributed by atoms with Crippen molar-refractivity contribution in [3.8, 4) is 23.3 Å². The molecule has 48 heavy (non-hydrogen) atoms. The highest BCUT2D eigenvalue weighted by Gasteiger charge is 2.36. The first-order chi connectivity index (χ1) is 22.9. The van der Waals surface area contributed by atoms with Gasteiger partial charge in [0, 0.05) is 43.3 Å². The van der Waals surface area contributed by atoms with E-state index in [9.17, 15) is 18.8 Å². The first-order valence-corrected chi connectivity index (χ1v) is 16.1. The highest BCUT2D eigenvalue weighted by Crippen LogP contribution is 2.38. The van der Waals surface area contributed by atoms with E-state index in [0.717, 1.165) is 0 Å². The molecule has 4 heterocycles. The van der Waals surface area contributed by atoms with Gasteiger partial charge in [0.2, 0.25) is 0 Å². The molecule has 2 saturated heterocycles. The number of ether oxygens (including phenoxy) is 2. The fraction of sp³-hybridized carbons (Fsp3) is 0.441. The maximum Gasteiger partial charge on any atom is 0.410 e. The number of hydrogen-bond donors (Lipinski definition) is 0. The molecule has 4 aromatic rings. The Balaban J connectivity index is 1.44. The quantitative estimate of drug-likeness (QED) is 0.224. The number of likely N-dealkylation sites (tertiary alicyclic amines) is 1. The maximum atomic E-state index is 16.7. The number of carbonyl (C=O) groups is 1. The van der Waals surface area contributed by atoms with Gasteiger partial charge in [0.1, 0.15) is 41.2 Å². The Morgan fingerprint density at radius 3 is 2.65 bits per heavy atom. The zero-order valence-corrected chi connectivity index (χ0v) is 27.8. The van der Waals surface area contributed by atoms with Crippen molar-refractivity contribution in [1.82, 2.24) is 24.8 Å². The number of rotatable bonds is 6. The van der Waals surface area contributed by atoms with Crippen LogP contribution < -0.4 is 9.64 Å². The van der Waals surface area contributed by atoms with Crippen LogP contribution in [0.1, 0.15) is 33.6 Å². The fourth-order valence-corrected chi connectivity index (χ4v) is 6.54. The van der Waals surface area contributed by atoms with Gasteiger partial charge in [0.15, 0.2) is 5.82 Å². The number of aromatic nitrogens is 3. The van der Waals surface area contributed by atoms with Crippen LogP contribution in [-0.2, 0) is 4.74 Å². The molecule has 2 aliphatic heterocycles. The Labute approximate surface area is 281 Å². The SMILES string of the molecule is CN1CC[C@H](F)[C@H]1COc1nc(N2CCN(C(=O)OC(C)(C)C)[C@@H](CC#N)C2)c2cnc(-c3cccc4ccc(F)c(Cl)c34)c(F)c2n1. The van der Waals surface area contributed by atoms with Crippen molar-refractivity contribution in [1.29, 1.82) is 5.26 Å². The lowest BCUT2D eigenvalue weighted by atomic mass is 10.0. The summed E-state index contributed by atoms with van der Waals surface area (Å²) in [5.74, 6) is -1.19. The number of hydrogen-bond acceptors (Lipinski definition) is 9. The van der Waals surface area contributed by atoms with Crippen LogP contribution in [0.5, 0.6) is 6.01 Å². The van der Waals surface area contributed by atoms with Crippen molar-refractivity contribution >= 4 is 45.2 Å². The lowest BCUT2D eigenvalue weighted by Crippen LogP contribution is -2.56. The van der Waals surface area contributed by atoms with Gasteiger partial charge < -0.3 is 19.3 Å². The number of anilines is 1. The Morgan fingerprint density at radius 1 is 1.15 bits per heavy atom. The van der Waals surface area contributed by atoms with Crippen LogP contribution in [0.4, 0.5) is 23.8 Å². The predicted octanol–water partition coefficient (Wildman–Crippen LogP) is 6.54. The van der Waals surface area contributed by atoms with Crippen LogP contribution in [0.3, 0.4) is 0 Å². The predicted molar refractivity (Wildman–Crippen MR) is 176 cm³/mol. The number of pyridine rings is 1. The Bertz CT molecular complexity index is 1910. The molecule has 0 N–H and O–H groups in total. The molecule has 14 heteroatoms. The van der Waals surface area contributed by atoms with E-state index in [1.807, 2.05) is 9.80 Å². The average Bonchev–Trinajstić information content (AvgIpc) is 3.37. The number of piperazine rings is 1. The van der Waals surface area contributed by atoms with Gasteiger partial charge in [0.05, 0.1) is 35.0 Å². The molecular formula is C34H35ClF3N7O3. The third kappa shape index (κ3) is 6.51. The third-order valence-electron chi connectivity index (χ3n) is 8.70. The second-order valence-corrected chi connectivity index (χ2v) is 13.5. The van der Waals surface area contributed by atoms with Gasteiger partial charge in [0.25, 0.3) is 0 Å². The second-order valence-electron chi connectivity index (χ2n) is 13.1. The number of likely N-dealkylation sites (N-methyl/N-ethyl adjacent to an activating group) is 1. The summed E-state index contributed by atoms with van der Waals surface area (Å²) in [5.41, 5.74) is -0.680. The van der Waals surface area contributed by atoms with Gasteiger partial charge >= 0.3 is 12.1 Å². The van der Waals surface area contributed by atoms with E-state index in [0.29, 0.717) is 23.7 Å². The van der Waals surface area contributed by atoms with Crippen molar-refractivity contribution in [2.75, 3.05) is 44.7 Å². The monoisotopic (exact) mass is 681 g/mol. The standard InChI is InChI=1S/C34H35ClF3N7O3/c1-34(2,3)48-33(46)45-15-14-44(17-20(45)10-12-39)31-22-16-40-29(21-7-5-6-19-8-9-24(37)27(35)26(19)21)28(38)30(22)41-32(42-31)47-18-25-23(36)11-13-43(25)4/h5-9,16,20,23,25H,10-11,13-15,17-18H2,1-4H3/t20-,23-,25+/m0/s1. The van der Waals surface area contributed by atoms with Crippen molar-refractivity contribution in [3.63, 3.8) is 0 Å². The number of halogens is 4. The zero-order chi connectivity index (χ0) is 34.3. The average molecular weight is 682 g/mol. The number of nitriles is 1. The number of carbonyl (C=O) groups excluding carboxylic acids is 1. The summed E-state index contributed by atoms with van der Waals surface area (Å²) in [7, 11) is 1.80. The van der Waals surface area contributed by atoms with Crippen LogP contribution in [0, 0.1) is 23.0 Å². The van der Waals surface area contributed by atoms with E-state index in [2.05, 4.69) is 21.0 Å². The largest absolute Gasteiger partial charge is 0.462 e. The van der Waals surface area contributed by atoms with Crippen LogP contribution in [-0.4, -0.2) is 94.5 Å². The molecule has 2 aromatic carbocycles. The number of nitrogens with zero attached hydrogens (tertiary/aromatic N) is 7. The van der Waals surface area contributed by atoms with Crippen LogP contribution >= 0.6 is 11.6 Å². The molecule has 2 fully saturated rings. The van der Waals surface area contributed by atoms with Crippen LogP contribution in [0.15, 0.2) is 36.5 Å². The summed E-state index contributed by atoms with van der Waals surface area (Å²) in [5, 5.41) is 10.6. The third-order valence-corrected chi connectivity index (χ3v) is 9.06. The smallest absolute Gasteiger partial charge is 0.410 e. The van der Waals surface area contributed by atoms with Gasteiger partial charge in [-0.2, -0.15) is 15.2 Å². The molecule has 0 unspecified atom stereocenters. The summed E-state index contributed by atoms with van der Waals surface area (Å²) >= 11 is 6.37. The maximum absolute atomic E-state index is 16.7. The van der Waals surface area contributed by atoms with E-state index in [4.69, 9.17) is 21.1 Å². The van der Waals surface area contributed by atoms with Gasteiger partial charge in [-0.3, -0.25) is 9.88 Å². The molecule has 1 amide bonds. The Kier molecular flexibility index (Phi) is 9.24. The van der Waals surface area contributed by atoms with Gasteiger partial charge in [-0.25, -0.2) is 18.0 Å². The topological polar surface area (TPSA) is 108 Å². The summed E-state index contributed by atoms with van der Waals surface area (Å²) in [4.78, 5) is 31.7. The molecule has 3 atom stereocenters. The van der Waals surface area contributed by atoms with Gasteiger partial charge in [-0.15, -0.1) is 0 Å². The van der Waals surface area contributed by atoms with Crippen molar-refractivity contribution in [2.45, 2.75) is 57.5 Å². The summed E-state index contributed by atoms with van der Waals surface area (Å²) < 4.78 is 57.4. The van der Waals surface area contributed by atoms with E-state index >= 15 is 4.39 Å². The molecule has 0 radical (unpaired) electrons. The second kappa shape index (κ2) is 13.2. The lowest BCUT2D eigenvalue weighted by molar-refractivity contribution is 0.0145. The molecule has 0 aliphatic carbocycles. The molecule has 6 rings (SSSR count). The van der Waals surface area contributed by atoms with Crippen LogP contribution in [0.2, 0.25) is 5.02 Å². The summed E-state index contributed by atoms with van der Waals surface area (Å²) in [6, 6.07) is 8.71. The Hall–Kier alpha value is -4.41. The normalized spacial score (nSPS) is 20.4. The number of benzene rings is 2. The van der Waals surface area contributed by atoms with Crippen molar-refractivity contribution in [2.24, 2.45) is 0 Å². The number of amides is 1. The minimum Gasteiger partial charge on any atom is -0.462 e. The van der Waals surface area contributed by atoms with Gasteiger partial charge in [-0.1, -0.05) is 35.9 Å². The first-order valence-electron chi connectivity index (χ1n) is 15.7. The molecule has 2 aromatic heterocycles. The fourth-order valence-electron chi connectivity index (χ4n) is 6.26. The van der Waals surface area contributed by atoms with E-state index in [1.165, 1.54) is 17.2 Å². The van der Waals surface area contributed by atoms with Crippen LogP contribution in [0.25, 0.3) is 32.9 Å². The lowest BCUT2D eigenvalue weighted by Gasteiger charge is -2.41. The Morgan fingerprint density at radius 2 is 1.94 bits per heavy atom. The number of fused-ring (bicyclic) bond motifs is 2. The number of alkyl halides is 1. The minimum atomic E-state index is -1.10. The molecule has 2 aliphatic rings. The van der Waals surface area contributed by atoms with Crippen molar-refractivity contribution < 1.29 is 27.4 Å². The highest BCUT2D eigenvalue weighted by atomic mass is 35.5. The molecule has 0 saturated carbocycles.